The molecule has 2 aromatic carbocycles. The molecule has 1 heterocycles. The van der Waals surface area contributed by atoms with E-state index in [1.54, 1.807) is 18.2 Å². The van der Waals surface area contributed by atoms with Crippen molar-refractivity contribution in [1.82, 2.24) is 9.78 Å². The zero-order chi connectivity index (χ0) is 19.7. The van der Waals surface area contributed by atoms with Crippen LogP contribution in [0.25, 0.3) is 11.1 Å². The third kappa shape index (κ3) is 3.53. The van der Waals surface area contributed by atoms with Gasteiger partial charge in [0.1, 0.15) is 5.69 Å². The van der Waals surface area contributed by atoms with Crippen LogP contribution in [0.3, 0.4) is 0 Å². The molecule has 0 unspecified atom stereocenters. The maximum atomic E-state index is 14.4. The highest BCUT2D eigenvalue weighted by Crippen LogP contribution is 2.34. The monoisotopic (exact) mass is 381 g/mol. The van der Waals surface area contributed by atoms with Gasteiger partial charge in [-0.25, -0.2) is 22.0 Å². The summed E-state index contributed by atoms with van der Waals surface area (Å²) in [6, 6.07) is 8.53. The van der Waals surface area contributed by atoms with Crippen LogP contribution in [0.15, 0.2) is 42.6 Å². The second-order valence-corrected chi connectivity index (χ2v) is 5.63. The van der Waals surface area contributed by atoms with E-state index in [0.29, 0.717) is 5.56 Å². The molecular weight excluding hydrogens is 369 g/mol. The van der Waals surface area contributed by atoms with Gasteiger partial charge in [-0.3, -0.25) is 9.48 Å². The van der Waals surface area contributed by atoms with Gasteiger partial charge in [-0.1, -0.05) is 30.3 Å². The highest BCUT2D eigenvalue weighted by atomic mass is 19.3. The van der Waals surface area contributed by atoms with E-state index < -0.39 is 46.7 Å². The molecule has 0 saturated carbocycles. The molecule has 3 aromatic rings. The minimum absolute atomic E-state index is 0.136. The molecule has 0 saturated heterocycles. The van der Waals surface area contributed by atoms with Gasteiger partial charge in [0.2, 0.25) is 0 Å². The molecule has 0 atom stereocenters. The molecule has 0 bridgehead atoms. The number of aromatic nitrogens is 2. The van der Waals surface area contributed by atoms with Crippen LogP contribution in [-0.2, 0) is 7.05 Å². The van der Waals surface area contributed by atoms with Crippen molar-refractivity contribution in [2.75, 3.05) is 5.32 Å². The number of carbonyl (C=O) groups is 1. The summed E-state index contributed by atoms with van der Waals surface area (Å²) < 4.78 is 68.8. The van der Waals surface area contributed by atoms with Crippen LogP contribution in [0.2, 0.25) is 0 Å². The van der Waals surface area contributed by atoms with E-state index in [1.165, 1.54) is 19.2 Å². The number of carbonyl (C=O) groups excluding carboxylic acids is 1. The first-order valence-electron chi connectivity index (χ1n) is 7.65. The fourth-order valence-electron chi connectivity index (χ4n) is 2.59. The molecule has 140 valence electrons. The normalized spacial score (nSPS) is 11.1. The van der Waals surface area contributed by atoms with Crippen LogP contribution in [0, 0.1) is 17.5 Å². The average molecular weight is 381 g/mol. The van der Waals surface area contributed by atoms with Gasteiger partial charge in [0.15, 0.2) is 17.5 Å². The maximum Gasteiger partial charge on any atom is 0.282 e. The topological polar surface area (TPSA) is 46.9 Å². The molecule has 27 heavy (non-hydrogen) atoms. The number of rotatable bonds is 4. The number of nitrogens with zero attached hydrogens (tertiary/aromatic N) is 2. The predicted octanol–water partition coefficient (Wildman–Crippen LogP) is 4.69. The van der Waals surface area contributed by atoms with Crippen molar-refractivity contribution in [3.63, 3.8) is 0 Å². The van der Waals surface area contributed by atoms with Gasteiger partial charge in [0.25, 0.3) is 12.3 Å². The third-order valence-electron chi connectivity index (χ3n) is 3.79. The number of aryl methyl sites for hydroxylation is 1. The second-order valence-electron chi connectivity index (χ2n) is 5.63. The Kier molecular flexibility index (Phi) is 4.93. The summed E-state index contributed by atoms with van der Waals surface area (Å²) >= 11 is 0. The first-order valence-corrected chi connectivity index (χ1v) is 7.65. The van der Waals surface area contributed by atoms with E-state index in [0.717, 1.165) is 16.9 Å². The van der Waals surface area contributed by atoms with E-state index in [-0.39, 0.29) is 5.56 Å². The molecule has 0 fully saturated rings. The summed E-state index contributed by atoms with van der Waals surface area (Å²) in [7, 11) is 1.33. The van der Waals surface area contributed by atoms with Crippen molar-refractivity contribution in [1.29, 1.82) is 0 Å². The van der Waals surface area contributed by atoms with Crippen molar-refractivity contribution < 1.29 is 26.7 Å². The van der Waals surface area contributed by atoms with Crippen LogP contribution in [0.4, 0.5) is 27.6 Å². The van der Waals surface area contributed by atoms with Gasteiger partial charge in [-0.15, -0.1) is 0 Å². The molecule has 0 aliphatic carbocycles. The largest absolute Gasteiger partial charge is 0.319 e. The van der Waals surface area contributed by atoms with Crippen molar-refractivity contribution in [2.24, 2.45) is 7.05 Å². The maximum absolute atomic E-state index is 14.4. The van der Waals surface area contributed by atoms with Gasteiger partial charge in [-0.2, -0.15) is 5.10 Å². The summed E-state index contributed by atoms with van der Waals surface area (Å²) in [6.07, 6.45) is -2.02. The van der Waals surface area contributed by atoms with Crippen LogP contribution in [0.1, 0.15) is 22.5 Å². The zero-order valence-electron chi connectivity index (χ0n) is 13.8. The van der Waals surface area contributed by atoms with Gasteiger partial charge in [0.05, 0.1) is 11.3 Å². The van der Waals surface area contributed by atoms with Gasteiger partial charge >= 0.3 is 0 Å². The van der Waals surface area contributed by atoms with E-state index >= 15 is 0 Å². The van der Waals surface area contributed by atoms with E-state index in [1.807, 2.05) is 0 Å². The SMILES string of the molecule is Cn1cc(C(=O)Nc2c(-c3ccccc3)cc(F)c(F)c2F)c(C(F)F)n1. The number of benzene rings is 2. The summed E-state index contributed by atoms with van der Waals surface area (Å²) in [4.78, 5) is 12.4. The summed E-state index contributed by atoms with van der Waals surface area (Å²) in [5, 5.41) is 5.55. The first kappa shape index (κ1) is 18.6. The molecule has 3 rings (SSSR count). The van der Waals surface area contributed by atoms with Gasteiger partial charge in [0, 0.05) is 18.8 Å². The molecule has 4 nitrogen and oxygen atoms in total. The van der Waals surface area contributed by atoms with Crippen LogP contribution in [0.5, 0.6) is 0 Å². The van der Waals surface area contributed by atoms with E-state index in [4.69, 9.17) is 0 Å². The first-order chi connectivity index (χ1) is 12.8. The Morgan fingerprint density at radius 1 is 1.11 bits per heavy atom. The molecule has 1 aromatic heterocycles. The number of hydrogen-bond donors (Lipinski definition) is 1. The van der Waals surface area contributed by atoms with Crippen LogP contribution in [-0.4, -0.2) is 15.7 Å². The van der Waals surface area contributed by atoms with E-state index in [2.05, 4.69) is 10.4 Å². The number of nitrogens with one attached hydrogen (secondary N) is 1. The molecule has 1 amide bonds. The van der Waals surface area contributed by atoms with Crippen molar-refractivity contribution in [3.8, 4) is 11.1 Å². The highest BCUT2D eigenvalue weighted by molar-refractivity contribution is 6.07. The Morgan fingerprint density at radius 3 is 2.41 bits per heavy atom. The summed E-state index contributed by atoms with van der Waals surface area (Å²) in [5.74, 6) is -5.99. The second kappa shape index (κ2) is 7.18. The quantitative estimate of drug-likeness (QED) is 0.526. The van der Waals surface area contributed by atoms with Gasteiger partial charge in [-0.05, 0) is 11.6 Å². The van der Waals surface area contributed by atoms with Gasteiger partial charge < -0.3 is 5.32 Å². The number of hydrogen-bond acceptors (Lipinski definition) is 2. The van der Waals surface area contributed by atoms with Crippen molar-refractivity contribution in [2.45, 2.75) is 6.43 Å². The Bertz CT molecular complexity index is 1000. The minimum Gasteiger partial charge on any atom is -0.319 e. The van der Waals surface area contributed by atoms with Crippen molar-refractivity contribution >= 4 is 11.6 Å². The Balaban J connectivity index is 2.09. The van der Waals surface area contributed by atoms with E-state index in [9.17, 15) is 26.7 Å². The Labute approximate surface area is 150 Å². The van der Waals surface area contributed by atoms with Crippen LogP contribution >= 0.6 is 0 Å². The Hall–Kier alpha value is -3.23. The molecule has 0 aliphatic rings. The lowest BCUT2D eigenvalue weighted by Gasteiger charge is -2.13. The number of alkyl halides is 2. The number of halogens is 5. The predicted molar refractivity (Wildman–Crippen MR) is 87.9 cm³/mol. The summed E-state index contributed by atoms with van der Waals surface area (Å²) in [6.45, 7) is 0. The molecule has 9 heteroatoms. The number of anilines is 1. The zero-order valence-corrected chi connectivity index (χ0v) is 13.8. The Morgan fingerprint density at radius 2 is 1.78 bits per heavy atom. The van der Waals surface area contributed by atoms with Crippen LogP contribution < -0.4 is 5.32 Å². The van der Waals surface area contributed by atoms with Crippen molar-refractivity contribution in [3.05, 3.63) is 71.3 Å². The highest BCUT2D eigenvalue weighted by Gasteiger charge is 2.26. The standard InChI is InChI=1S/C18H12F5N3O/c1-26-8-11(16(25-26)17(22)23)18(27)24-15-10(9-5-3-2-4-6-9)7-12(19)13(20)14(15)21/h2-8,17H,1H3,(H,24,27). The lowest BCUT2D eigenvalue weighted by atomic mass is 10.0. The molecular formula is C18H12F5N3O. The molecule has 0 spiro atoms. The summed E-state index contributed by atoms with van der Waals surface area (Å²) in [5.41, 5.74) is -1.81. The average Bonchev–Trinajstić information content (AvgIpc) is 3.05. The fraction of sp³-hybridized carbons (Fsp3) is 0.111. The molecule has 1 N–H and O–H groups in total. The minimum atomic E-state index is -3.05. The fourth-order valence-corrected chi connectivity index (χ4v) is 2.59. The number of amides is 1. The third-order valence-corrected chi connectivity index (χ3v) is 3.79. The lowest BCUT2D eigenvalue weighted by Crippen LogP contribution is -2.16. The smallest absolute Gasteiger partial charge is 0.282 e. The molecule has 0 radical (unpaired) electrons. The lowest BCUT2D eigenvalue weighted by molar-refractivity contribution is 0.101. The molecule has 0 aliphatic heterocycles.